The van der Waals surface area contributed by atoms with Crippen LogP contribution in [0.3, 0.4) is 0 Å². The molecule has 1 aromatic rings. The monoisotopic (exact) mass is 398 g/mol. The molecule has 1 aliphatic carbocycles. The molecule has 3 heteroatoms. The Labute approximate surface area is 135 Å². The second-order valence-electron chi connectivity index (χ2n) is 6.98. The molecule has 0 unspecified atom stereocenters. The molecular formula is C18H34N2Sn. The van der Waals surface area contributed by atoms with Crippen LogP contribution in [0.4, 0.5) is 0 Å². The summed E-state index contributed by atoms with van der Waals surface area (Å²) in [5.41, 5.74) is 0. The molecule has 120 valence electrons. The molecular weight excluding hydrogens is 363 g/mol. The zero-order chi connectivity index (χ0) is 15.1. The first-order valence-corrected chi connectivity index (χ1v) is 16.8. The Morgan fingerprint density at radius 3 is 1.95 bits per heavy atom. The van der Waals surface area contributed by atoms with Gasteiger partial charge in [-0.15, -0.1) is 0 Å². The summed E-state index contributed by atoms with van der Waals surface area (Å²) < 4.78 is 8.93. The second-order valence-corrected chi connectivity index (χ2v) is 20.0. The zero-order valence-electron chi connectivity index (χ0n) is 14.4. The number of rotatable bonds is 11. The number of nitrogens with zero attached hydrogens (tertiary/aromatic N) is 2. The van der Waals surface area contributed by atoms with Crippen LogP contribution in [0, 0.1) is 0 Å². The molecule has 0 radical (unpaired) electrons. The first-order chi connectivity index (χ1) is 10.3. The van der Waals surface area contributed by atoms with Crippen molar-refractivity contribution in [1.29, 1.82) is 0 Å². The third kappa shape index (κ3) is 4.49. The molecule has 0 aromatic carbocycles. The normalized spacial score (nSPS) is 15.6. The molecule has 0 amide bonds. The van der Waals surface area contributed by atoms with Gasteiger partial charge in [0.25, 0.3) is 0 Å². The van der Waals surface area contributed by atoms with Crippen LogP contribution in [0.2, 0.25) is 13.3 Å². The van der Waals surface area contributed by atoms with Crippen LogP contribution >= 0.6 is 0 Å². The molecule has 2 nitrogen and oxygen atoms in total. The fourth-order valence-corrected chi connectivity index (χ4v) is 20.1. The summed E-state index contributed by atoms with van der Waals surface area (Å²) in [5.74, 6) is 0. The Morgan fingerprint density at radius 1 is 1.00 bits per heavy atom. The van der Waals surface area contributed by atoms with Crippen LogP contribution in [0.1, 0.15) is 78.2 Å². The van der Waals surface area contributed by atoms with Crippen molar-refractivity contribution in [3.8, 4) is 0 Å². The van der Waals surface area contributed by atoms with Gasteiger partial charge >= 0.3 is 136 Å². The van der Waals surface area contributed by atoms with Crippen LogP contribution in [0.5, 0.6) is 0 Å². The fourth-order valence-electron chi connectivity index (χ4n) is 3.65. The van der Waals surface area contributed by atoms with Crippen molar-refractivity contribution in [2.45, 2.75) is 91.5 Å². The van der Waals surface area contributed by atoms with Gasteiger partial charge in [0.1, 0.15) is 0 Å². The molecule has 1 aliphatic rings. The fraction of sp³-hybridized carbons (Fsp3) is 0.833. The van der Waals surface area contributed by atoms with Crippen molar-refractivity contribution in [2.75, 3.05) is 0 Å². The predicted molar refractivity (Wildman–Crippen MR) is 95.0 cm³/mol. The van der Waals surface area contributed by atoms with Gasteiger partial charge in [0, 0.05) is 0 Å². The number of aromatic nitrogens is 2. The quantitative estimate of drug-likeness (QED) is 0.465. The molecule has 0 saturated heterocycles. The van der Waals surface area contributed by atoms with E-state index < -0.39 is 18.4 Å². The van der Waals surface area contributed by atoms with Crippen LogP contribution in [-0.4, -0.2) is 28.2 Å². The van der Waals surface area contributed by atoms with E-state index in [2.05, 4.69) is 37.7 Å². The molecule has 1 fully saturated rings. The molecule has 1 aromatic heterocycles. The van der Waals surface area contributed by atoms with Crippen LogP contribution in [-0.2, 0) is 0 Å². The van der Waals surface area contributed by atoms with Gasteiger partial charge in [0.2, 0.25) is 0 Å². The van der Waals surface area contributed by atoms with Gasteiger partial charge in [-0.05, 0) is 0 Å². The molecule has 21 heavy (non-hydrogen) atoms. The van der Waals surface area contributed by atoms with Crippen molar-refractivity contribution < 1.29 is 0 Å². The van der Waals surface area contributed by atoms with Gasteiger partial charge in [0.15, 0.2) is 0 Å². The predicted octanol–water partition coefficient (Wildman–Crippen LogP) is 5.27. The summed E-state index contributed by atoms with van der Waals surface area (Å²) in [5, 5.41) is 4.74. The average molecular weight is 397 g/mol. The van der Waals surface area contributed by atoms with E-state index in [9.17, 15) is 0 Å². The van der Waals surface area contributed by atoms with Gasteiger partial charge in [-0.3, -0.25) is 0 Å². The maximum atomic E-state index is 4.74. The van der Waals surface area contributed by atoms with Crippen LogP contribution in [0.15, 0.2) is 12.3 Å². The third-order valence-corrected chi connectivity index (χ3v) is 20.6. The summed E-state index contributed by atoms with van der Waals surface area (Å²) in [6.45, 7) is 7.07. The first kappa shape index (κ1) is 17.4. The van der Waals surface area contributed by atoms with E-state index in [1.54, 1.807) is 17.0 Å². The molecule has 1 heterocycles. The standard InChI is InChI=1S/C6H7N2.3C4H9.Sn/c1-4-7-8(5-1)6-2-3-6;3*1-3-4-2;/h1,4,6H,2-3H2;3*1,3-4H2,2H3;. The molecule has 0 spiro atoms. The van der Waals surface area contributed by atoms with E-state index in [0.29, 0.717) is 0 Å². The Bertz CT molecular complexity index is 387. The van der Waals surface area contributed by atoms with E-state index in [1.165, 1.54) is 51.4 Å². The van der Waals surface area contributed by atoms with E-state index in [0.717, 1.165) is 6.04 Å². The topological polar surface area (TPSA) is 17.8 Å². The molecule has 2 rings (SSSR count). The van der Waals surface area contributed by atoms with Gasteiger partial charge in [0.05, 0.1) is 0 Å². The molecule has 0 N–H and O–H groups in total. The maximum absolute atomic E-state index is 4.74. The number of hydrogen-bond donors (Lipinski definition) is 0. The molecule has 0 aliphatic heterocycles. The Kier molecular flexibility index (Phi) is 7.10. The van der Waals surface area contributed by atoms with E-state index in [4.69, 9.17) is 5.10 Å². The van der Waals surface area contributed by atoms with E-state index in [1.807, 2.05) is 0 Å². The SMILES string of the molecule is CCC[CH2][Sn]([CH2]CCC)([CH2]CCC)[c]1ccnn1C1CC1. The number of unbranched alkanes of at least 4 members (excludes halogenated alkanes) is 3. The van der Waals surface area contributed by atoms with Crippen LogP contribution in [0.25, 0.3) is 0 Å². The minimum atomic E-state index is -2.24. The Hall–Kier alpha value is 0.00870. The Balaban J connectivity index is 2.26. The summed E-state index contributed by atoms with van der Waals surface area (Å²) >= 11 is -2.24. The van der Waals surface area contributed by atoms with Gasteiger partial charge in [-0.1, -0.05) is 0 Å². The molecule has 0 atom stereocenters. The minimum absolute atomic E-state index is 0.760. The van der Waals surface area contributed by atoms with Crippen molar-refractivity contribution in [3.05, 3.63) is 12.3 Å². The first-order valence-electron chi connectivity index (χ1n) is 9.31. The summed E-state index contributed by atoms with van der Waals surface area (Å²) in [6.07, 6.45) is 13.2. The van der Waals surface area contributed by atoms with Crippen molar-refractivity contribution >= 4 is 22.1 Å². The van der Waals surface area contributed by atoms with Gasteiger partial charge < -0.3 is 0 Å². The van der Waals surface area contributed by atoms with Crippen molar-refractivity contribution in [2.24, 2.45) is 0 Å². The number of hydrogen-bond acceptors (Lipinski definition) is 1. The summed E-state index contributed by atoms with van der Waals surface area (Å²) in [7, 11) is 0. The van der Waals surface area contributed by atoms with Crippen molar-refractivity contribution in [1.82, 2.24) is 9.78 Å². The van der Waals surface area contributed by atoms with E-state index >= 15 is 0 Å². The second kappa shape index (κ2) is 8.59. The average Bonchev–Trinajstić information content (AvgIpc) is 3.24. The molecule has 0 bridgehead atoms. The zero-order valence-corrected chi connectivity index (χ0v) is 17.3. The van der Waals surface area contributed by atoms with E-state index in [-0.39, 0.29) is 0 Å². The van der Waals surface area contributed by atoms with Gasteiger partial charge in [-0.2, -0.15) is 0 Å². The summed E-state index contributed by atoms with van der Waals surface area (Å²) in [4.78, 5) is 0. The van der Waals surface area contributed by atoms with Crippen LogP contribution < -0.4 is 3.71 Å². The summed E-state index contributed by atoms with van der Waals surface area (Å²) in [6, 6.07) is 3.19. The Morgan fingerprint density at radius 2 is 1.52 bits per heavy atom. The van der Waals surface area contributed by atoms with Gasteiger partial charge in [-0.25, -0.2) is 0 Å². The van der Waals surface area contributed by atoms with Crippen molar-refractivity contribution in [3.63, 3.8) is 0 Å². The molecule has 1 saturated carbocycles. The third-order valence-electron chi connectivity index (χ3n) is 5.13.